The smallest absolute Gasteiger partial charge is 0.255 e. The van der Waals surface area contributed by atoms with Crippen LogP contribution in [-0.2, 0) is 9.84 Å². The molecule has 2 aromatic rings. The molecule has 3 aliphatic carbocycles. The van der Waals surface area contributed by atoms with Crippen molar-refractivity contribution in [1.29, 1.82) is 0 Å². The molecule has 176 valence electrons. The van der Waals surface area contributed by atoms with Crippen LogP contribution in [0.25, 0.3) is 0 Å². The summed E-state index contributed by atoms with van der Waals surface area (Å²) in [5, 5.41) is 12.9. The van der Waals surface area contributed by atoms with Crippen molar-refractivity contribution >= 4 is 33.0 Å². The standard InChI is InChI=1S/C25H27ClFNO4S/c1-25(30)16-5-6-17(25)12-19(11-16)33(31,32)23-10-15(4-8-21(23)26)24(29)28-18-7-9-22(27)20(13-18)14-2-3-14/h4,7-10,13-14,16-17,19,30H,2-3,5-6,11-12H2,1H3,(H,28,29)/t16?,17?,19-,25-. The first-order valence-electron chi connectivity index (χ1n) is 11.4. The number of halogens is 2. The second kappa shape index (κ2) is 8.07. The molecule has 3 fully saturated rings. The summed E-state index contributed by atoms with van der Waals surface area (Å²) in [5.41, 5.74) is 0.399. The van der Waals surface area contributed by atoms with Crippen molar-refractivity contribution in [2.45, 2.75) is 67.1 Å². The van der Waals surface area contributed by atoms with Gasteiger partial charge in [0.05, 0.1) is 20.8 Å². The first-order chi connectivity index (χ1) is 15.6. The van der Waals surface area contributed by atoms with Gasteiger partial charge in [0.1, 0.15) is 5.82 Å². The number of nitrogens with one attached hydrogen (secondary N) is 1. The van der Waals surface area contributed by atoms with Crippen molar-refractivity contribution in [3.63, 3.8) is 0 Å². The lowest BCUT2D eigenvalue weighted by Gasteiger charge is -2.40. The van der Waals surface area contributed by atoms with E-state index in [4.69, 9.17) is 11.6 Å². The van der Waals surface area contributed by atoms with E-state index in [2.05, 4.69) is 5.32 Å². The van der Waals surface area contributed by atoms with E-state index in [0.29, 0.717) is 24.1 Å². The minimum Gasteiger partial charge on any atom is -0.390 e. The van der Waals surface area contributed by atoms with Crippen LogP contribution in [0.4, 0.5) is 10.1 Å². The minimum absolute atomic E-state index is 0.0551. The Morgan fingerprint density at radius 2 is 1.76 bits per heavy atom. The van der Waals surface area contributed by atoms with E-state index in [0.717, 1.165) is 25.7 Å². The summed E-state index contributed by atoms with van der Waals surface area (Å²) in [6.45, 7) is 1.81. The lowest BCUT2D eigenvalue weighted by molar-refractivity contribution is -0.0413. The summed E-state index contributed by atoms with van der Waals surface area (Å²) in [5.74, 6) is -0.680. The predicted octanol–water partition coefficient (Wildman–Crippen LogP) is 5.32. The molecule has 2 atom stereocenters. The molecule has 2 aromatic carbocycles. The Morgan fingerprint density at radius 3 is 2.39 bits per heavy atom. The summed E-state index contributed by atoms with van der Waals surface area (Å²) in [6.07, 6.45) is 4.28. The van der Waals surface area contributed by atoms with Crippen molar-refractivity contribution in [3.8, 4) is 0 Å². The molecule has 0 saturated heterocycles. The number of carbonyl (C=O) groups excluding carboxylic acids is 1. The van der Waals surface area contributed by atoms with Crippen LogP contribution in [0.3, 0.4) is 0 Å². The molecule has 3 aliphatic rings. The van der Waals surface area contributed by atoms with Crippen LogP contribution >= 0.6 is 11.6 Å². The molecule has 2 bridgehead atoms. The molecular weight excluding hydrogens is 465 g/mol. The van der Waals surface area contributed by atoms with Gasteiger partial charge in [-0.05, 0) is 105 Å². The predicted molar refractivity (Wildman–Crippen MR) is 125 cm³/mol. The summed E-state index contributed by atoms with van der Waals surface area (Å²) in [6, 6.07) is 8.72. The van der Waals surface area contributed by atoms with Crippen LogP contribution in [0.2, 0.25) is 5.02 Å². The molecular formula is C25H27ClFNO4S. The average molecular weight is 492 g/mol. The third-order valence-corrected chi connectivity index (χ3v) is 10.5. The number of rotatable bonds is 5. The number of sulfone groups is 1. The lowest BCUT2D eigenvalue weighted by atomic mass is 9.76. The maximum absolute atomic E-state index is 14.0. The molecule has 0 heterocycles. The molecule has 2 unspecified atom stereocenters. The van der Waals surface area contributed by atoms with Crippen LogP contribution in [0.15, 0.2) is 41.3 Å². The molecule has 0 radical (unpaired) electrons. The maximum atomic E-state index is 14.0. The van der Waals surface area contributed by atoms with Gasteiger partial charge in [0.25, 0.3) is 5.91 Å². The third kappa shape index (κ3) is 4.08. The highest BCUT2D eigenvalue weighted by molar-refractivity contribution is 7.92. The van der Waals surface area contributed by atoms with Gasteiger partial charge >= 0.3 is 0 Å². The Hall–Kier alpha value is -1.96. The fraction of sp³-hybridized carbons (Fsp3) is 0.480. The molecule has 33 heavy (non-hydrogen) atoms. The quantitative estimate of drug-likeness (QED) is 0.592. The number of hydrogen-bond acceptors (Lipinski definition) is 4. The van der Waals surface area contributed by atoms with Crippen molar-refractivity contribution in [2.75, 3.05) is 5.32 Å². The van der Waals surface area contributed by atoms with Crippen LogP contribution in [0.5, 0.6) is 0 Å². The monoisotopic (exact) mass is 491 g/mol. The first-order valence-corrected chi connectivity index (χ1v) is 13.4. The molecule has 0 aromatic heterocycles. The number of benzene rings is 2. The average Bonchev–Trinajstić information content (AvgIpc) is 3.58. The number of fused-ring (bicyclic) bond motifs is 2. The second-order valence-corrected chi connectivity index (χ2v) is 12.5. The zero-order valence-corrected chi connectivity index (χ0v) is 19.9. The number of anilines is 1. The second-order valence-electron chi connectivity index (χ2n) is 9.95. The summed E-state index contributed by atoms with van der Waals surface area (Å²) in [4.78, 5) is 12.8. The van der Waals surface area contributed by atoms with Crippen molar-refractivity contribution in [3.05, 3.63) is 58.4 Å². The molecule has 0 spiro atoms. The van der Waals surface area contributed by atoms with Crippen LogP contribution in [-0.4, -0.2) is 30.3 Å². The van der Waals surface area contributed by atoms with E-state index in [9.17, 15) is 22.7 Å². The Kier molecular flexibility index (Phi) is 5.58. The van der Waals surface area contributed by atoms with Crippen molar-refractivity contribution < 1.29 is 22.7 Å². The molecule has 3 saturated carbocycles. The van der Waals surface area contributed by atoms with Gasteiger partial charge in [0, 0.05) is 11.3 Å². The van der Waals surface area contributed by atoms with E-state index in [-0.39, 0.29) is 39.1 Å². The van der Waals surface area contributed by atoms with E-state index in [1.165, 1.54) is 30.3 Å². The molecule has 0 aliphatic heterocycles. The number of hydrogen-bond donors (Lipinski definition) is 2. The summed E-state index contributed by atoms with van der Waals surface area (Å²) in [7, 11) is -3.79. The van der Waals surface area contributed by atoms with Gasteiger partial charge in [0.15, 0.2) is 9.84 Å². The summed E-state index contributed by atoms with van der Waals surface area (Å²) < 4.78 is 41.0. The van der Waals surface area contributed by atoms with E-state index in [1.807, 2.05) is 0 Å². The fourth-order valence-corrected chi connectivity index (χ4v) is 7.99. The molecule has 5 nitrogen and oxygen atoms in total. The number of aliphatic hydroxyl groups is 1. The van der Waals surface area contributed by atoms with Gasteiger partial charge in [-0.2, -0.15) is 0 Å². The molecule has 1 amide bonds. The lowest BCUT2D eigenvalue weighted by Crippen LogP contribution is -2.45. The van der Waals surface area contributed by atoms with E-state index < -0.39 is 26.6 Å². The highest BCUT2D eigenvalue weighted by atomic mass is 35.5. The van der Waals surface area contributed by atoms with Gasteiger partial charge in [0.2, 0.25) is 0 Å². The zero-order chi connectivity index (χ0) is 23.5. The third-order valence-electron chi connectivity index (χ3n) is 7.82. The topological polar surface area (TPSA) is 83.5 Å². The minimum atomic E-state index is -3.79. The number of amides is 1. The van der Waals surface area contributed by atoms with E-state index >= 15 is 0 Å². The van der Waals surface area contributed by atoms with Crippen LogP contribution < -0.4 is 5.32 Å². The maximum Gasteiger partial charge on any atom is 0.255 e. The van der Waals surface area contributed by atoms with Crippen molar-refractivity contribution in [2.24, 2.45) is 11.8 Å². The molecule has 2 N–H and O–H groups in total. The molecule has 5 rings (SSSR count). The normalized spacial score (nSPS) is 29.2. The van der Waals surface area contributed by atoms with Gasteiger partial charge in [-0.3, -0.25) is 4.79 Å². The Bertz CT molecular complexity index is 1210. The number of carbonyl (C=O) groups is 1. The van der Waals surface area contributed by atoms with E-state index in [1.54, 1.807) is 13.0 Å². The van der Waals surface area contributed by atoms with Crippen LogP contribution in [0.1, 0.15) is 67.3 Å². The SMILES string of the molecule is C[C@]1(O)C2CCC1C[C@@H](S(=O)(=O)c1cc(C(=O)Nc3ccc(F)c(C4CC4)c3)ccc1Cl)C2. The highest BCUT2D eigenvalue weighted by Gasteiger charge is 2.53. The Labute approximate surface area is 198 Å². The fourth-order valence-electron chi connectivity index (χ4n) is 5.59. The van der Waals surface area contributed by atoms with Gasteiger partial charge in [-0.1, -0.05) is 11.6 Å². The van der Waals surface area contributed by atoms with Gasteiger partial charge < -0.3 is 10.4 Å². The van der Waals surface area contributed by atoms with Crippen molar-refractivity contribution in [1.82, 2.24) is 0 Å². The van der Waals surface area contributed by atoms with Gasteiger partial charge in [-0.15, -0.1) is 0 Å². The summed E-state index contributed by atoms with van der Waals surface area (Å²) >= 11 is 6.29. The highest BCUT2D eigenvalue weighted by Crippen LogP contribution is 2.51. The van der Waals surface area contributed by atoms with Crippen LogP contribution in [0, 0.1) is 17.7 Å². The first kappa shape index (κ1) is 22.8. The zero-order valence-electron chi connectivity index (χ0n) is 18.4. The van der Waals surface area contributed by atoms with Gasteiger partial charge in [-0.25, -0.2) is 12.8 Å². The Balaban J connectivity index is 1.39. The largest absolute Gasteiger partial charge is 0.390 e. The Morgan fingerprint density at radius 1 is 1.09 bits per heavy atom. The molecule has 8 heteroatoms.